The Morgan fingerprint density at radius 1 is 0.679 bits per heavy atom. The van der Waals surface area contributed by atoms with Crippen molar-refractivity contribution in [3.05, 3.63) is 12.2 Å². The molecule has 166 valence electrons. The van der Waals surface area contributed by atoms with E-state index in [2.05, 4.69) is 31.7 Å². The van der Waals surface area contributed by atoms with Crippen molar-refractivity contribution in [2.45, 2.75) is 129 Å². The highest BCUT2D eigenvalue weighted by Gasteiger charge is 2.00. The van der Waals surface area contributed by atoms with Crippen LogP contribution in [-0.4, -0.2) is 18.3 Å². The van der Waals surface area contributed by atoms with Gasteiger partial charge in [0, 0.05) is 12.2 Å². The summed E-state index contributed by atoms with van der Waals surface area (Å²) in [6.45, 7) is 2.72. The zero-order valence-electron chi connectivity index (χ0n) is 18.8. The molecule has 0 bridgehead atoms. The molecule has 0 saturated heterocycles. The molecule has 3 heteroatoms. The maximum Gasteiger partial charge on any atom is 0.305 e. The monoisotopic (exact) mass is 412 g/mol. The van der Waals surface area contributed by atoms with E-state index in [0.717, 1.165) is 19.3 Å². The Morgan fingerprint density at radius 3 is 1.57 bits per heavy atom. The normalized spacial score (nSPS) is 11.4. The fourth-order valence-corrected chi connectivity index (χ4v) is 3.55. The summed E-state index contributed by atoms with van der Waals surface area (Å²) in [5.74, 6) is 0.530. The molecule has 28 heavy (non-hydrogen) atoms. The van der Waals surface area contributed by atoms with Gasteiger partial charge in [0.05, 0.1) is 0 Å². The lowest BCUT2D eigenvalue weighted by molar-refractivity contribution is -0.143. The predicted molar refractivity (Wildman–Crippen MR) is 127 cm³/mol. The molecular formula is C25H48O2S. The van der Waals surface area contributed by atoms with E-state index < -0.39 is 0 Å². The number of ether oxygens (including phenoxy) is 1. The van der Waals surface area contributed by atoms with Crippen LogP contribution < -0.4 is 0 Å². The first-order valence-corrected chi connectivity index (χ1v) is 12.9. The van der Waals surface area contributed by atoms with Gasteiger partial charge in [-0.2, -0.15) is 12.6 Å². The molecule has 0 radical (unpaired) electrons. The lowest BCUT2D eigenvalue weighted by atomic mass is 10.0. The molecule has 0 spiro atoms. The summed E-state index contributed by atoms with van der Waals surface area (Å²) in [7, 11) is 0. The first-order chi connectivity index (χ1) is 13.8. The Hall–Kier alpha value is -0.440. The second-order valence-electron chi connectivity index (χ2n) is 8.05. The zero-order chi connectivity index (χ0) is 20.5. The van der Waals surface area contributed by atoms with Crippen molar-refractivity contribution < 1.29 is 9.53 Å². The number of hydrogen-bond donors (Lipinski definition) is 1. The minimum Gasteiger partial charge on any atom is -0.465 e. The minimum atomic E-state index is -0.0769. The van der Waals surface area contributed by atoms with Gasteiger partial charge in [0.25, 0.3) is 0 Å². The van der Waals surface area contributed by atoms with Crippen molar-refractivity contribution in [1.82, 2.24) is 0 Å². The van der Waals surface area contributed by atoms with Gasteiger partial charge >= 0.3 is 5.97 Å². The molecule has 0 amide bonds. The summed E-state index contributed by atoms with van der Waals surface area (Å²) in [5, 5.41) is 0. The third-order valence-electron chi connectivity index (χ3n) is 5.25. The second-order valence-corrected chi connectivity index (χ2v) is 8.49. The summed E-state index contributed by atoms with van der Waals surface area (Å²) in [5.41, 5.74) is 0. The molecule has 0 atom stereocenters. The van der Waals surface area contributed by atoms with Crippen LogP contribution >= 0.6 is 12.6 Å². The first kappa shape index (κ1) is 27.6. The van der Waals surface area contributed by atoms with Crippen LogP contribution in [0, 0.1) is 0 Å². The smallest absolute Gasteiger partial charge is 0.305 e. The third-order valence-corrected chi connectivity index (χ3v) is 5.43. The first-order valence-electron chi connectivity index (χ1n) is 12.2. The van der Waals surface area contributed by atoms with Gasteiger partial charge in [0.15, 0.2) is 0 Å². The van der Waals surface area contributed by atoms with Gasteiger partial charge < -0.3 is 4.74 Å². The van der Waals surface area contributed by atoms with Gasteiger partial charge in [-0.15, -0.1) is 0 Å². The molecule has 0 unspecified atom stereocenters. The number of thiol groups is 1. The molecule has 0 fully saturated rings. The number of carbonyl (C=O) groups is 1. The number of rotatable bonds is 22. The van der Waals surface area contributed by atoms with E-state index in [4.69, 9.17) is 4.74 Å². The van der Waals surface area contributed by atoms with Crippen molar-refractivity contribution in [3.8, 4) is 0 Å². The van der Waals surface area contributed by atoms with Gasteiger partial charge in [-0.05, 0) is 32.1 Å². The molecule has 0 aromatic rings. The molecule has 0 heterocycles. The molecular weight excluding hydrogens is 364 g/mol. The quantitative estimate of drug-likeness (QED) is 0.0835. The summed E-state index contributed by atoms with van der Waals surface area (Å²) in [4.78, 5) is 11.3. The highest BCUT2D eigenvalue weighted by atomic mass is 32.1. The third kappa shape index (κ3) is 23.6. The number of esters is 1. The van der Waals surface area contributed by atoms with E-state index in [1.54, 1.807) is 0 Å². The number of allylic oxidation sites excluding steroid dienone is 2. The van der Waals surface area contributed by atoms with Gasteiger partial charge in [0.2, 0.25) is 0 Å². The SMILES string of the molecule is CCCCCCCCCCCCCCC/C=C/CCCCCC(=O)OCCS. The lowest BCUT2D eigenvalue weighted by Crippen LogP contribution is -2.06. The summed E-state index contributed by atoms with van der Waals surface area (Å²) < 4.78 is 5.00. The van der Waals surface area contributed by atoms with Crippen molar-refractivity contribution in [2.75, 3.05) is 12.4 Å². The maximum atomic E-state index is 11.3. The van der Waals surface area contributed by atoms with Crippen molar-refractivity contribution >= 4 is 18.6 Å². The summed E-state index contributed by atoms with van der Waals surface area (Å²) in [6.07, 6.45) is 29.3. The number of hydrogen-bond acceptors (Lipinski definition) is 3. The molecule has 0 aromatic carbocycles. The Kier molecular flexibility index (Phi) is 24.2. The molecule has 0 aromatic heterocycles. The van der Waals surface area contributed by atoms with Crippen LogP contribution in [0.15, 0.2) is 12.2 Å². The lowest BCUT2D eigenvalue weighted by Gasteiger charge is -2.02. The van der Waals surface area contributed by atoms with Crippen molar-refractivity contribution in [3.63, 3.8) is 0 Å². The van der Waals surface area contributed by atoms with Gasteiger partial charge in [0.1, 0.15) is 6.61 Å². The molecule has 0 aliphatic rings. The Bertz CT molecular complexity index is 341. The predicted octanol–water partition coefficient (Wildman–Crippen LogP) is 8.45. The standard InChI is InChI=1S/C25H48O2S/c1-2-3-4-5-6-7-8-9-10-11-12-13-14-15-16-17-18-19-20-21-22-25(26)27-23-24-28/h16-17,28H,2-15,18-24H2,1H3/b17-16+. The highest BCUT2D eigenvalue weighted by molar-refractivity contribution is 7.80. The van der Waals surface area contributed by atoms with Crippen molar-refractivity contribution in [1.29, 1.82) is 0 Å². The second kappa shape index (κ2) is 24.6. The topological polar surface area (TPSA) is 26.3 Å². The van der Waals surface area contributed by atoms with Gasteiger partial charge in [-0.1, -0.05) is 103 Å². The van der Waals surface area contributed by atoms with Crippen LogP contribution in [0.2, 0.25) is 0 Å². The zero-order valence-corrected chi connectivity index (χ0v) is 19.7. The largest absolute Gasteiger partial charge is 0.465 e. The van der Waals surface area contributed by atoms with E-state index in [-0.39, 0.29) is 5.97 Å². The van der Waals surface area contributed by atoms with Crippen LogP contribution in [0.1, 0.15) is 129 Å². The number of carbonyl (C=O) groups excluding carboxylic acids is 1. The van der Waals surface area contributed by atoms with Crippen LogP contribution in [0.25, 0.3) is 0 Å². The molecule has 0 aliphatic heterocycles. The van der Waals surface area contributed by atoms with Crippen LogP contribution in [0.5, 0.6) is 0 Å². The van der Waals surface area contributed by atoms with Crippen molar-refractivity contribution in [2.24, 2.45) is 0 Å². The van der Waals surface area contributed by atoms with E-state index in [1.807, 2.05) is 0 Å². The summed E-state index contributed by atoms with van der Waals surface area (Å²) in [6, 6.07) is 0. The summed E-state index contributed by atoms with van der Waals surface area (Å²) >= 11 is 4.03. The minimum absolute atomic E-state index is 0.0769. The molecule has 2 nitrogen and oxygen atoms in total. The fourth-order valence-electron chi connectivity index (χ4n) is 3.46. The molecule has 0 rings (SSSR count). The van der Waals surface area contributed by atoms with Crippen LogP contribution in [-0.2, 0) is 9.53 Å². The Balaban J connectivity index is 3.13. The van der Waals surface area contributed by atoms with Gasteiger partial charge in [-0.3, -0.25) is 4.79 Å². The molecule has 0 aliphatic carbocycles. The average Bonchev–Trinajstić information content (AvgIpc) is 2.70. The Labute approximate surface area is 181 Å². The Morgan fingerprint density at radius 2 is 1.11 bits per heavy atom. The van der Waals surface area contributed by atoms with E-state index in [1.165, 1.54) is 96.3 Å². The van der Waals surface area contributed by atoms with Crippen LogP contribution in [0.4, 0.5) is 0 Å². The number of unbranched alkanes of at least 4 members (excludes halogenated alkanes) is 16. The fraction of sp³-hybridized carbons (Fsp3) is 0.880. The molecule has 0 N–H and O–H groups in total. The van der Waals surface area contributed by atoms with E-state index in [9.17, 15) is 4.79 Å². The maximum absolute atomic E-state index is 11.3. The molecule has 0 saturated carbocycles. The average molecular weight is 413 g/mol. The van der Waals surface area contributed by atoms with E-state index in [0.29, 0.717) is 18.8 Å². The van der Waals surface area contributed by atoms with Gasteiger partial charge in [-0.25, -0.2) is 0 Å². The van der Waals surface area contributed by atoms with E-state index >= 15 is 0 Å². The van der Waals surface area contributed by atoms with Crippen LogP contribution in [0.3, 0.4) is 0 Å². The highest BCUT2D eigenvalue weighted by Crippen LogP contribution is 2.13.